The Kier molecular flexibility index (Phi) is 5.81. The molecular formula is C22H26N2O5S. The Balaban J connectivity index is 1.48. The average Bonchev–Trinajstić information content (AvgIpc) is 2.88. The Morgan fingerprint density at radius 2 is 1.77 bits per heavy atom. The van der Waals surface area contributed by atoms with Crippen molar-refractivity contribution in [1.29, 1.82) is 0 Å². The molecule has 8 heteroatoms. The molecule has 30 heavy (non-hydrogen) atoms. The predicted molar refractivity (Wildman–Crippen MR) is 111 cm³/mol. The van der Waals surface area contributed by atoms with E-state index in [0.29, 0.717) is 39.1 Å². The average molecular weight is 431 g/mol. The summed E-state index contributed by atoms with van der Waals surface area (Å²) in [5.41, 5.74) is 1.48. The Hall–Kier alpha value is -2.42. The zero-order chi connectivity index (χ0) is 21.2. The molecule has 2 aliphatic rings. The number of nitrogens with zero attached hydrogens (tertiary/aromatic N) is 1. The van der Waals surface area contributed by atoms with Gasteiger partial charge in [0.15, 0.2) is 0 Å². The Morgan fingerprint density at radius 1 is 1.07 bits per heavy atom. The number of hydrogen-bond donors (Lipinski definition) is 1. The summed E-state index contributed by atoms with van der Waals surface area (Å²) in [6, 6.07) is 14.2. The van der Waals surface area contributed by atoms with Crippen LogP contribution in [0.1, 0.15) is 30.4 Å². The van der Waals surface area contributed by atoms with Crippen molar-refractivity contribution in [2.24, 2.45) is 5.14 Å². The van der Waals surface area contributed by atoms with Gasteiger partial charge in [-0.05, 0) is 30.2 Å². The van der Waals surface area contributed by atoms with Crippen molar-refractivity contribution in [1.82, 2.24) is 4.90 Å². The van der Waals surface area contributed by atoms with Crippen LogP contribution in [0.4, 0.5) is 0 Å². The largest absolute Gasteiger partial charge is 0.485 e. The maximum absolute atomic E-state index is 13.1. The minimum absolute atomic E-state index is 0.0525. The Labute approximate surface area is 176 Å². The molecule has 2 heterocycles. The number of ether oxygens (including phenoxy) is 2. The van der Waals surface area contributed by atoms with E-state index < -0.39 is 15.6 Å². The highest BCUT2D eigenvalue weighted by molar-refractivity contribution is 7.89. The van der Waals surface area contributed by atoms with Crippen LogP contribution < -0.4 is 9.88 Å². The number of fused-ring (bicyclic) bond motifs is 1. The molecule has 2 aliphatic heterocycles. The van der Waals surface area contributed by atoms with E-state index in [1.807, 2.05) is 29.2 Å². The van der Waals surface area contributed by atoms with Gasteiger partial charge in [-0.3, -0.25) is 4.79 Å². The van der Waals surface area contributed by atoms with Crippen molar-refractivity contribution in [2.45, 2.75) is 42.7 Å². The van der Waals surface area contributed by atoms with Gasteiger partial charge >= 0.3 is 0 Å². The number of nitrogens with two attached hydrogens (primary N) is 1. The van der Waals surface area contributed by atoms with Gasteiger partial charge in [0.1, 0.15) is 11.4 Å². The summed E-state index contributed by atoms with van der Waals surface area (Å²) in [6.07, 6.45) is 2.36. The minimum Gasteiger partial charge on any atom is -0.485 e. The van der Waals surface area contributed by atoms with Gasteiger partial charge in [-0.25, -0.2) is 13.6 Å². The van der Waals surface area contributed by atoms with Gasteiger partial charge in [0.05, 0.1) is 24.7 Å². The summed E-state index contributed by atoms with van der Waals surface area (Å²) in [6.45, 7) is 2.30. The number of para-hydroxylation sites is 1. The lowest BCUT2D eigenvalue weighted by molar-refractivity contribution is -0.136. The summed E-state index contributed by atoms with van der Waals surface area (Å²) < 4.78 is 34.7. The van der Waals surface area contributed by atoms with Gasteiger partial charge in [0, 0.05) is 31.4 Å². The maximum Gasteiger partial charge on any atom is 0.238 e. The lowest BCUT2D eigenvalue weighted by Gasteiger charge is -2.39. The Morgan fingerprint density at radius 3 is 2.47 bits per heavy atom. The molecule has 1 spiro atoms. The topological polar surface area (TPSA) is 98.9 Å². The van der Waals surface area contributed by atoms with Crippen LogP contribution in [0.15, 0.2) is 53.4 Å². The van der Waals surface area contributed by atoms with Crippen molar-refractivity contribution in [3.63, 3.8) is 0 Å². The summed E-state index contributed by atoms with van der Waals surface area (Å²) in [5, 5.41) is 5.14. The molecule has 0 atom stereocenters. The van der Waals surface area contributed by atoms with Gasteiger partial charge < -0.3 is 14.4 Å². The van der Waals surface area contributed by atoms with Crippen LogP contribution in [-0.4, -0.2) is 44.6 Å². The summed E-state index contributed by atoms with van der Waals surface area (Å²) in [4.78, 5) is 15.1. The fraction of sp³-hybridized carbons (Fsp3) is 0.409. The summed E-state index contributed by atoms with van der Waals surface area (Å²) >= 11 is 0. The van der Waals surface area contributed by atoms with Crippen molar-refractivity contribution in [3.05, 3.63) is 59.7 Å². The minimum atomic E-state index is -3.72. The highest BCUT2D eigenvalue weighted by Crippen LogP contribution is 2.35. The first-order valence-electron chi connectivity index (χ1n) is 10.1. The maximum atomic E-state index is 13.1. The molecule has 0 aromatic heterocycles. The molecule has 1 amide bonds. The van der Waals surface area contributed by atoms with Crippen LogP contribution in [0.25, 0.3) is 0 Å². The van der Waals surface area contributed by atoms with Crippen molar-refractivity contribution >= 4 is 15.9 Å². The number of carbonyl (C=O) groups excluding carboxylic acids is 1. The molecule has 0 bridgehead atoms. The van der Waals surface area contributed by atoms with Gasteiger partial charge in [0.2, 0.25) is 15.9 Å². The number of primary sulfonamides is 1. The van der Waals surface area contributed by atoms with Crippen LogP contribution in [0.5, 0.6) is 5.75 Å². The van der Waals surface area contributed by atoms with Gasteiger partial charge in [-0.1, -0.05) is 30.3 Å². The number of benzene rings is 2. The monoisotopic (exact) mass is 430 g/mol. The zero-order valence-corrected chi connectivity index (χ0v) is 17.6. The number of aryl methyl sites for hydroxylation is 1. The third-order valence-electron chi connectivity index (χ3n) is 5.78. The van der Waals surface area contributed by atoms with Crippen LogP contribution in [0.2, 0.25) is 0 Å². The molecule has 1 saturated heterocycles. The van der Waals surface area contributed by atoms with E-state index in [9.17, 15) is 13.2 Å². The highest BCUT2D eigenvalue weighted by atomic mass is 32.2. The molecule has 1 fully saturated rings. The second kappa shape index (κ2) is 8.37. The van der Waals surface area contributed by atoms with Crippen LogP contribution >= 0.6 is 0 Å². The molecule has 7 nitrogen and oxygen atoms in total. The molecule has 4 rings (SSSR count). The van der Waals surface area contributed by atoms with E-state index in [1.165, 1.54) is 12.1 Å². The quantitative estimate of drug-likeness (QED) is 0.802. The van der Waals surface area contributed by atoms with Gasteiger partial charge in [-0.15, -0.1) is 0 Å². The van der Waals surface area contributed by atoms with Crippen LogP contribution in [-0.2, 0) is 32.5 Å². The molecule has 2 aromatic carbocycles. The van der Waals surface area contributed by atoms with E-state index in [-0.39, 0.29) is 10.8 Å². The lowest BCUT2D eigenvalue weighted by atomic mass is 9.93. The lowest BCUT2D eigenvalue weighted by Crippen LogP contribution is -2.50. The van der Waals surface area contributed by atoms with Crippen molar-refractivity contribution in [2.75, 3.05) is 19.8 Å². The second-order valence-electron chi connectivity index (χ2n) is 7.94. The van der Waals surface area contributed by atoms with E-state index in [2.05, 4.69) is 0 Å². The molecule has 0 aliphatic carbocycles. The predicted octanol–water partition coefficient (Wildman–Crippen LogP) is 2.24. The van der Waals surface area contributed by atoms with E-state index in [4.69, 9.17) is 14.6 Å². The third-order valence-corrected chi connectivity index (χ3v) is 6.70. The number of carbonyl (C=O) groups is 1. The van der Waals surface area contributed by atoms with E-state index >= 15 is 0 Å². The molecular weight excluding hydrogens is 404 g/mol. The normalized spacial score (nSPS) is 18.4. The second-order valence-corrected chi connectivity index (χ2v) is 9.51. The molecule has 0 saturated carbocycles. The first-order valence-corrected chi connectivity index (χ1v) is 11.6. The molecule has 0 radical (unpaired) electrons. The third kappa shape index (κ3) is 4.66. The molecule has 2 aromatic rings. The van der Waals surface area contributed by atoms with E-state index in [0.717, 1.165) is 29.7 Å². The number of hydrogen-bond acceptors (Lipinski definition) is 5. The molecule has 2 N–H and O–H groups in total. The van der Waals surface area contributed by atoms with Crippen LogP contribution in [0.3, 0.4) is 0 Å². The summed E-state index contributed by atoms with van der Waals surface area (Å²) in [5.74, 6) is 0.893. The fourth-order valence-corrected chi connectivity index (χ4v) is 4.56. The Bertz CT molecular complexity index is 1010. The molecule has 160 valence electrons. The number of amides is 1. The van der Waals surface area contributed by atoms with Gasteiger partial charge in [0.25, 0.3) is 0 Å². The zero-order valence-electron chi connectivity index (χ0n) is 16.7. The first kappa shape index (κ1) is 20.8. The van der Waals surface area contributed by atoms with Gasteiger partial charge in [-0.2, -0.15) is 0 Å². The summed E-state index contributed by atoms with van der Waals surface area (Å²) in [7, 11) is -3.72. The highest BCUT2D eigenvalue weighted by Gasteiger charge is 2.40. The molecule has 0 unspecified atom stereocenters. The van der Waals surface area contributed by atoms with E-state index in [1.54, 1.807) is 12.1 Å². The van der Waals surface area contributed by atoms with Crippen molar-refractivity contribution in [3.8, 4) is 5.75 Å². The smallest absolute Gasteiger partial charge is 0.238 e. The number of rotatable bonds is 4. The SMILES string of the molecule is NS(=O)(=O)c1ccc(CCC(=O)N2Cc3ccccc3OC3(CCOCC3)C2)cc1. The standard InChI is InChI=1S/C22H26N2O5S/c23-30(26,27)19-8-5-17(6-9-19)7-10-21(25)24-15-18-3-1-2-4-20(18)29-22(16-24)11-13-28-14-12-22/h1-6,8-9H,7,10-16H2,(H2,23,26,27). The fourth-order valence-electron chi connectivity index (χ4n) is 4.04. The number of sulfonamides is 1. The first-order chi connectivity index (χ1) is 14.3. The van der Waals surface area contributed by atoms with Crippen LogP contribution in [0, 0.1) is 0 Å². The van der Waals surface area contributed by atoms with Crippen molar-refractivity contribution < 1.29 is 22.7 Å².